The topological polar surface area (TPSA) is 100 Å². The van der Waals surface area contributed by atoms with Gasteiger partial charge in [0.1, 0.15) is 24.7 Å². The number of esters is 1. The largest absolute Gasteiger partial charge is 0.490 e. The van der Waals surface area contributed by atoms with Crippen LogP contribution in [0.2, 0.25) is 0 Å². The molecule has 0 fully saturated rings. The van der Waals surface area contributed by atoms with Crippen LogP contribution in [0, 0.1) is 17.0 Å². The minimum Gasteiger partial charge on any atom is -0.490 e. The maximum Gasteiger partial charge on any atom is 0.363 e. The molecule has 33 heavy (non-hydrogen) atoms. The lowest BCUT2D eigenvalue weighted by Crippen LogP contribution is -2.10. The summed E-state index contributed by atoms with van der Waals surface area (Å²) in [7, 11) is 0. The van der Waals surface area contributed by atoms with Gasteiger partial charge in [0.05, 0.1) is 4.92 Å². The van der Waals surface area contributed by atoms with E-state index in [-0.39, 0.29) is 30.5 Å². The van der Waals surface area contributed by atoms with Crippen LogP contribution in [0.4, 0.5) is 5.69 Å². The fraction of sp³-hybridized carbons (Fsp3) is 0.120. The zero-order chi connectivity index (χ0) is 23.2. The van der Waals surface area contributed by atoms with E-state index in [1.807, 2.05) is 37.3 Å². The number of carbonyl (C=O) groups excluding carboxylic acids is 1. The van der Waals surface area contributed by atoms with Crippen molar-refractivity contribution in [3.05, 3.63) is 105 Å². The molecule has 0 bridgehead atoms. The predicted molar refractivity (Wildman–Crippen MR) is 122 cm³/mol. The van der Waals surface area contributed by atoms with Crippen molar-refractivity contribution in [2.45, 2.75) is 6.92 Å². The average Bonchev–Trinajstić information content (AvgIpc) is 3.19. The molecule has 0 amide bonds. The number of ether oxygens (including phenoxy) is 3. The van der Waals surface area contributed by atoms with Crippen molar-refractivity contribution in [1.82, 2.24) is 0 Å². The van der Waals surface area contributed by atoms with Crippen molar-refractivity contribution in [2.75, 3.05) is 13.2 Å². The maximum absolute atomic E-state index is 12.3. The Hall–Kier alpha value is -4.46. The first-order chi connectivity index (χ1) is 16.0. The molecule has 0 N–H and O–H groups in total. The number of hydrogen-bond acceptors (Lipinski definition) is 7. The normalized spacial score (nSPS) is 14.0. The fourth-order valence-corrected chi connectivity index (χ4v) is 3.18. The van der Waals surface area contributed by atoms with Crippen LogP contribution in [0.1, 0.15) is 16.7 Å². The van der Waals surface area contributed by atoms with Crippen LogP contribution in [0.15, 0.2) is 83.5 Å². The van der Waals surface area contributed by atoms with E-state index in [1.165, 1.54) is 24.3 Å². The van der Waals surface area contributed by atoms with Crippen molar-refractivity contribution in [2.24, 2.45) is 4.99 Å². The highest BCUT2D eigenvalue weighted by Crippen LogP contribution is 2.28. The Morgan fingerprint density at radius 1 is 0.970 bits per heavy atom. The number of non-ortho nitro benzene ring substituents is 1. The van der Waals surface area contributed by atoms with Crippen LogP contribution in [0.25, 0.3) is 6.08 Å². The Labute approximate surface area is 189 Å². The minimum absolute atomic E-state index is 0.0235. The van der Waals surface area contributed by atoms with Crippen LogP contribution >= 0.6 is 0 Å². The number of rotatable bonds is 8. The molecule has 0 aliphatic carbocycles. The highest BCUT2D eigenvalue weighted by molar-refractivity contribution is 6.12. The molecule has 4 rings (SSSR count). The zero-order valence-corrected chi connectivity index (χ0v) is 17.8. The standard InChI is InChI=1S/C25H20N2O6/c1-17-7-5-6-10-22(17)31-13-14-32-23-12-11-20(27(29)30)15-19(23)16-21-25(28)33-24(26-21)18-8-3-2-4-9-18/h2-12,15-16H,13-14H2,1H3. The van der Waals surface area contributed by atoms with E-state index in [0.717, 1.165) is 11.3 Å². The highest BCUT2D eigenvalue weighted by atomic mass is 16.6. The van der Waals surface area contributed by atoms with E-state index < -0.39 is 10.9 Å². The van der Waals surface area contributed by atoms with Crippen LogP contribution in [-0.4, -0.2) is 30.0 Å². The molecule has 1 aliphatic heterocycles. The van der Waals surface area contributed by atoms with Gasteiger partial charge in [-0.25, -0.2) is 9.79 Å². The third kappa shape index (κ3) is 5.24. The smallest absolute Gasteiger partial charge is 0.363 e. The fourth-order valence-electron chi connectivity index (χ4n) is 3.18. The number of nitrogens with zero attached hydrogens (tertiary/aromatic N) is 2. The van der Waals surface area contributed by atoms with Crippen LogP contribution in [-0.2, 0) is 9.53 Å². The van der Waals surface area contributed by atoms with Gasteiger partial charge in [-0.3, -0.25) is 10.1 Å². The number of para-hydroxylation sites is 1. The first kappa shape index (κ1) is 21.8. The molecule has 166 valence electrons. The summed E-state index contributed by atoms with van der Waals surface area (Å²) in [6, 6.07) is 20.8. The van der Waals surface area contributed by atoms with Crippen LogP contribution in [0.3, 0.4) is 0 Å². The summed E-state index contributed by atoms with van der Waals surface area (Å²) in [5.74, 6) is 0.641. The van der Waals surface area contributed by atoms with Crippen LogP contribution in [0.5, 0.6) is 11.5 Å². The van der Waals surface area contributed by atoms with E-state index in [1.54, 1.807) is 24.3 Å². The average molecular weight is 444 g/mol. The number of carbonyl (C=O) groups is 1. The molecule has 3 aromatic rings. The van der Waals surface area contributed by atoms with Gasteiger partial charge in [-0.2, -0.15) is 0 Å². The maximum atomic E-state index is 12.3. The summed E-state index contributed by atoms with van der Waals surface area (Å²) in [6.45, 7) is 2.42. The lowest BCUT2D eigenvalue weighted by Gasteiger charge is -2.12. The van der Waals surface area contributed by atoms with Gasteiger partial charge in [-0.15, -0.1) is 0 Å². The summed E-state index contributed by atoms with van der Waals surface area (Å²) < 4.78 is 16.8. The van der Waals surface area contributed by atoms with E-state index in [0.29, 0.717) is 16.9 Å². The zero-order valence-electron chi connectivity index (χ0n) is 17.8. The summed E-state index contributed by atoms with van der Waals surface area (Å²) in [5, 5.41) is 11.3. The number of nitro groups is 1. The Balaban J connectivity index is 1.54. The van der Waals surface area contributed by atoms with E-state index in [9.17, 15) is 14.9 Å². The van der Waals surface area contributed by atoms with Gasteiger partial charge in [0.25, 0.3) is 5.69 Å². The second kappa shape index (κ2) is 9.78. The van der Waals surface area contributed by atoms with Crippen molar-refractivity contribution in [3.8, 4) is 11.5 Å². The van der Waals surface area contributed by atoms with Gasteiger partial charge < -0.3 is 14.2 Å². The SMILES string of the molecule is Cc1ccccc1OCCOc1ccc([N+](=O)[O-])cc1C=C1N=C(c2ccccc2)OC1=O. The third-order valence-corrected chi connectivity index (χ3v) is 4.83. The van der Waals surface area contributed by atoms with Crippen molar-refractivity contribution in [3.63, 3.8) is 0 Å². The van der Waals surface area contributed by atoms with Crippen molar-refractivity contribution in [1.29, 1.82) is 0 Å². The Morgan fingerprint density at radius 2 is 1.67 bits per heavy atom. The number of aliphatic imine (C=N–C) groups is 1. The monoisotopic (exact) mass is 444 g/mol. The summed E-state index contributed by atoms with van der Waals surface area (Å²) in [6.07, 6.45) is 1.42. The lowest BCUT2D eigenvalue weighted by molar-refractivity contribution is -0.384. The predicted octanol–water partition coefficient (Wildman–Crippen LogP) is 4.71. The number of nitro benzene ring substituents is 1. The first-order valence-electron chi connectivity index (χ1n) is 10.2. The quantitative estimate of drug-likeness (QED) is 0.164. The second-order valence-corrected chi connectivity index (χ2v) is 7.14. The van der Waals surface area contributed by atoms with Gasteiger partial charge >= 0.3 is 5.97 Å². The van der Waals surface area contributed by atoms with Crippen molar-refractivity contribution < 1.29 is 23.9 Å². The molecular weight excluding hydrogens is 424 g/mol. The van der Waals surface area contributed by atoms with Gasteiger partial charge in [0, 0.05) is 23.3 Å². The summed E-state index contributed by atoms with van der Waals surface area (Å²) in [4.78, 5) is 27.3. The number of cyclic esters (lactones) is 1. The number of aryl methyl sites for hydroxylation is 1. The molecule has 0 unspecified atom stereocenters. The van der Waals surface area contributed by atoms with Gasteiger partial charge in [0.2, 0.25) is 5.90 Å². The highest BCUT2D eigenvalue weighted by Gasteiger charge is 2.25. The Kier molecular flexibility index (Phi) is 6.45. The minimum atomic E-state index is -0.644. The van der Waals surface area contributed by atoms with Crippen molar-refractivity contribution >= 4 is 23.6 Å². The molecule has 1 heterocycles. The molecule has 0 aromatic heterocycles. The number of hydrogen-bond donors (Lipinski definition) is 0. The molecular formula is C25H20N2O6. The van der Waals surface area contributed by atoms with E-state index >= 15 is 0 Å². The molecule has 0 radical (unpaired) electrons. The molecule has 0 atom stereocenters. The molecule has 0 spiro atoms. The van der Waals surface area contributed by atoms with Crippen LogP contribution < -0.4 is 9.47 Å². The molecule has 0 saturated heterocycles. The lowest BCUT2D eigenvalue weighted by atomic mass is 10.1. The molecule has 8 nitrogen and oxygen atoms in total. The first-order valence-corrected chi connectivity index (χ1v) is 10.2. The molecule has 0 saturated carbocycles. The molecule has 8 heteroatoms. The molecule has 3 aromatic carbocycles. The summed E-state index contributed by atoms with van der Waals surface area (Å²) in [5.41, 5.74) is 1.88. The third-order valence-electron chi connectivity index (χ3n) is 4.83. The van der Waals surface area contributed by atoms with Gasteiger partial charge in [-0.05, 0) is 42.8 Å². The van der Waals surface area contributed by atoms with E-state index in [2.05, 4.69) is 4.99 Å². The van der Waals surface area contributed by atoms with Gasteiger partial charge in [0.15, 0.2) is 5.70 Å². The second-order valence-electron chi connectivity index (χ2n) is 7.14. The Morgan fingerprint density at radius 3 is 2.39 bits per heavy atom. The van der Waals surface area contributed by atoms with Gasteiger partial charge in [-0.1, -0.05) is 36.4 Å². The summed E-state index contributed by atoms with van der Waals surface area (Å²) >= 11 is 0. The van der Waals surface area contributed by atoms with E-state index in [4.69, 9.17) is 14.2 Å². The Bertz CT molecular complexity index is 1250. The molecule has 1 aliphatic rings. The number of benzene rings is 3.